The summed E-state index contributed by atoms with van der Waals surface area (Å²) in [7, 11) is 0. The first-order chi connectivity index (χ1) is 14.8. The van der Waals surface area contributed by atoms with Crippen LogP contribution in [0.25, 0.3) is 0 Å². The molecule has 0 radical (unpaired) electrons. The van der Waals surface area contributed by atoms with Gasteiger partial charge in [0.1, 0.15) is 5.69 Å². The predicted octanol–water partition coefficient (Wildman–Crippen LogP) is 4.36. The largest absolute Gasteiger partial charge is 0.452 e. The Morgan fingerprint density at radius 3 is 2.58 bits per heavy atom. The maximum absolute atomic E-state index is 12.2. The number of carbonyl (C=O) groups excluding carboxylic acids is 3. The highest BCUT2D eigenvalue weighted by molar-refractivity contribution is 7.12. The monoisotopic (exact) mass is 459 g/mol. The predicted molar refractivity (Wildman–Crippen MR) is 116 cm³/mol. The van der Waals surface area contributed by atoms with Gasteiger partial charge in [-0.3, -0.25) is 19.7 Å². The molecule has 158 valence electrons. The highest BCUT2D eigenvalue weighted by atomic mass is 35.5. The number of anilines is 2. The highest BCUT2D eigenvalue weighted by Crippen LogP contribution is 2.27. The lowest BCUT2D eigenvalue weighted by Crippen LogP contribution is -2.21. The van der Waals surface area contributed by atoms with Crippen LogP contribution in [-0.4, -0.2) is 29.3 Å². The summed E-state index contributed by atoms with van der Waals surface area (Å²) < 4.78 is 4.96. The Balaban J connectivity index is 1.59. The van der Waals surface area contributed by atoms with Crippen LogP contribution in [0.5, 0.6) is 0 Å². The number of rotatable bonds is 7. The minimum absolute atomic E-state index is 0.0752. The number of halogens is 1. The number of benzene rings is 2. The summed E-state index contributed by atoms with van der Waals surface area (Å²) in [4.78, 5) is 47.3. The van der Waals surface area contributed by atoms with Crippen LogP contribution in [0.1, 0.15) is 20.0 Å². The maximum Gasteiger partial charge on any atom is 0.338 e. The zero-order valence-electron chi connectivity index (χ0n) is 15.7. The number of amides is 2. The van der Waals surface area contributed by atoms with E-state index in [1.54, 1.807) is 29.6 Å². The smallest absolute Gasteiger partial charge is 0.338 e. The van der Waals surface area contributed by atoms with Crippen molar-refractivity contribution in [3.8, 4) is 0 Å². The first-order valence-corrected chi connectivity index (χ1v) is 9.95. The van der Waals surface area contributed by atoms with Crippen molar-refractivity contribution >= 4 is 57.8 Å². The van der Waals surface area contributed by atoms with Crippen molar-refractivity contribution < 1.29 is 24.0 Å². The molecule has 2 N–H and O–H groups in total. The summed E-state index contributed by atoms with van der Waals surface area (Å²) in [6.07, 6.45) is 0. The molecular weight excluding hydrogens is 446 g/mol. The minimum Gasteiger partial charge on any atom is -0.452 e. The minimum atomic E-state index is -0.798. The van der Waals surface area contributed by atoms with Gasteiger partial charge in [0, 0.05) is 16.8 Å². The molecule has 31 heavy (non-hydrogen) atoms. The second-order valence-electron chi connectivity index (χ2n) is 6.06. The van der Waals surface area contributed by atoms with E-state index in [1.165, 1.54) is 35.6 Å². The Bertz CT molecular complexity index is 1150. The van der Waals surface area contributed by atoms with E-state index in [-0.39, 0.29) is 27.9 Å². The number of ether oxygens (including phenoxy) is 1. The molecule has 0 saturated heterocycles. The van der Waals surface area contributed by atoms with E-state index in [2.05, 4.69) is 10.6 Å². The molecule has 3 aromatic rings. The molecule has 1 heterocycles. The van der Waals surface area contributed by atoms with Crippen LogP contribution in [0.3, 0.4) is 0 Å². The molecule has 0 aliphatic heterocycles. The van der Waals surface area contributed by atoms with Crippen LogP contribution in [-0.2, 0) is 9.53 Å². The van der Waals surface area contributed by atoms with Crippen LogP contribution >= 0.6 is 22.9 Å². The molecule has 2 amide bonds. The number of nitro benzene ring substituents is 1. The van der Waals surface area contributed by atoms with Gasteiger partial charge in [0.15, 0.2) is 6.61 Å². The van der Waals surface area contributed by atoms with Crippen LogP contribution in [0.15, 0.2) is 60.0 Å². The third-order valence-electron chi connectivity index (χ3n) is 3.87. The van der Waals surface area contributed by atoms with Gasteiger partial charge >= 0.3 is 5.97 Å². The third-order valence-corrected chi connectivity index (χ3v) is 4.97. The van der Waals surface area contributed by atoms with Crippen LogP contribution < -0.4 is 10.6 Å². The number of thiophene rings is 1. The summed E-state index contributed by atoms with van der Waals surface area (Å²) in [5, 5.41) is 18.0. The van der Waals surface area contributed by atoms with Crippen molar-refractivity contribution in [2.24, 2.45) is 0 Å². The van der Waals surface area contributed by atoms with Gasteiger partial charge in [-0.25, -0.2) is 4.79 Å². The molecule has 0 aliphatic rings. The molecule has 1 aromatic heterocycles. The molecule has 0 spiro atoms. The molecule has 0 aliphatic carbocycles. The molecule has 0 saturated carbocycles. The van der Waals surface area contributed by atoms with Gasteiger partial charge in [-0.15, -0.1) is 11.3 Å². The van der Waals surface area contributed by atoms with E-state index in [4.69, 9.17) is 16.3 Å². The fourth-order valence-electron chi connectivity index (χ4n) is 2.49. The number of nitro groups is 1. The Kier molecular flexibility index (Phi) is 6.96. The number of nitrogens with one attached hydrogen (secondary N) is 2. The van der Waals surface area contributed by atoms with Crippen LogP contribution in [0.2, 0.25) is 5.02 Å². The van der Waals surface area contributed by atoms with Crippen molar-refractivity contribution in [3.05, 3.63) is 85.6 Å². The zero-order chi connectivity index (χ0) is 22.4. The number of nitrogens with zero attached hydrogens (tertiary/aromatic N) is 1. The third kappa shape index (κ3) is 5.87. The average molecular weight is 460 g/mol. The Hall–Kier alpha value is -3.76. The topological polar surface area (TPSA) is 128 Å². The van der Waals surface area contributed by atoms with Crippen molar-refractivity contribution in [3.63, 3.8) is 0 Å². The first-order valence-electron chi connectivity index (χ1n) is 8.69. The molecule has 0 fully saturated rings. The van der Waals surface area contributed by atoms with E-state index in [0.29, 0.717) is 10.6 Å². The van der Waals surface area contributed by atoms with Gasteiger partial charge in [0.25, 0.3) is 17.5 Å². The first kappa shape index (κ1) is 21.9. The van der Waals surface area contributed by atoms with Crippen molar-refractivity contribution in [2.75, 3.05) is 17.2 Å². The average Bonchev–Trinajstić information content (AvgIpc) is 3.28. The molecule has 11 heteroatoms. The summed E-state index contributed by atoms with van der Waals surface area (Å²) in [6.45, 7) is -0.662. The normalized spacial score (nSPS) is 10.2. The lowest BCUT2D eigenvalue weighted by atomic mass is 10.2. The number of hydrogen-bond donors (Lipinski definition) is 2. The van der Waals surface area contributed by atoms with Crippen molar-refractivity contribution in [1.82, 2.24) is 0 Å². The fourth-order valence-corrected chi connectivity index (χ4v) is 3.27. The molecule has 2 aromatic carbocycles. The van der Waals surface area contributed by atoms with E-state index in [9.17, 15) is 24.5 Å². The lowest BCUT2D eigenvalue weighted by molar-refractivity contribution is -0.383. The number of hydrogen-bond acceptors (Lipinski definition) is 7. The maximum atomic E-state index is 12.2. The van der Waals surface area contributed by atoms with Crippen LogP contribution in [0.4, 0.5) is 17.1 Å². The molecule has 0 unspecified atom stereocenters. The molecule has 9 nitrogen and oxygen atoms in total. The van der Waals surface area contributed by atoms with Gasteiger partial charge in [-0.2, -0.15) is 0 Å². The molecule has 3 rings (SSSR count). The Morgan fingerprint density at radius 2 is 1.87 bits per heavy atom. The van der Waals surface area contributed by atoms with E-state index >= 15 is 0 Å². The van der Waals surface area contributed by atoms with E-state index in [0.717, 1.165) is 6.07 Å². The summed E-state index contributed by atoms with van der Waals surface area (Å²) >= 11 is 7.01. The van der Waals surface area contributed by atoms with Crippen molar-refractivity contribution in [1.29, 1.82) is 0 Å². The van der Waals surface area contributed by atoms with Crippen LogP contribution in [0, 0.1) is 10.1 Å². The lowest BCUT2D eigenvalue weighted by Gasteiger charge is -2.09. The molecular formula is C20H14ClN3O6S. The quantitative estimate of drug-likeness (QED) is 0.307. The SMILES string of the molecule is O=C(COC(=O)c1cccc(NC(=O)c2cccs2)c1)Nc1ccc(Cl)cc1[N+](=O)[O-]. The highest BCUT2D eigenvalue weighted by Gasteiger charge is 2.18. The second kappa shape index (κ2) is 9.83. The standard InChI is InChI=1S/C20H14ClN3O6S/c21-13-6-7-15(16(10-13)24(28)29)23-18(25)11-30-20(27)12-3-1-4-14(9-12)22-19(26)17-5-2-8-31-17/h1-10H,11H2,(H,22,26)(H,23,25). The Labute approximate surface area is 184 Å². The molecule has 0 atom stereocenters. The van der Waals surface area contributed by atoms with Crippen molar-refractivity contribution in [2.45, 2.75) is 0 Å². The van der Waals surface area contributed by atoms with E-state index in [1.807, 2.05) is 0 Å². The molecule has 0 bridgehead atoms. The summed E-state index contributed by atoms with van der Waals surface area (Å²) in [5.74, 6) is -1.88. The summed E-state index contributed by atoms with van der Waals surface area (Å²) in [6, 6.07) is 13.2. The zero-order valence-corrected chi connectivity index (χ0v) is 17.2. The summed E-state index contributed by atoms with van der Waals surface area (Å²) in [5.41, 5.74) is 0.0402. The van der Waals surface area contributed by atoms with Gasteiger partial charge < -0.3 is 15.4 Å². The second-order valence-corrected chi connectivity index (χ2v) is 7.44. The number of esters is 1. The van der Waals surface area contributed by atoms with Gasteiger partial charge in [0.05, 0.1) is 15.4 Å². The van der Waals surface area contributed by atoms with E-state index < -0.39 is 23.4 Å². The fraction of sp³-hybridized carbons (Fsp3) is 0.0500. The van der Waals surface area contributed by atoms with Gasteiger partial charge in [0.2, 0.25) is 0 Å². The Morgan fingerprint density at radius 1 is 1.06 bits per heavy atom. The number of carbonyl (C=O) groups is 3. The van der Waals surface area contributed by atoms with Gasteiger partial charge in [-0.1, -0.05) is 23.7 Å². The van der Waals surface area contributed by atoms with Gasteiger partial charge in [-0.05, 0) is 41.8 Å².